The molecule has 0 heterocycles. The van der Waals surface area contributed by atoms with E-state index < -0.39 is 10.8 Å². The number of carbonyl (C=O) groups is 1. The fourth-order valence-corrected chi connectivity index (χ4v) is 2.97. The molecule has 0 bridgehead atoms. The van der Waals surface area contributed by atoms with Crippen LogP contribution in [0.15, 0.2) is 78.9 Å². The molecule has 3 aromatic rings. The average Bonchev–Trinajstić information content (AvgIpc) is 2.64. The molecule has 0 aliphatic rings. The van der Waals surface area contributed by atoms with Crippen LogP contribution in [0.2, 0.25) is 5.02 Å². The van der Waals surface area contributed by atoms with Crippen molar-refractivity contribution in [1.82, 2.24) is 0 Å². The second-order valence-corrected chi connectivity index (χ2v) is 5.97. The van der Waals surface area contributed by atoms with Crippen molar-refractivity contribution in [2.45, 2.75) is 5.92 Å². The molecule has 124 valence electrons. The highest BCUT2D eigenvalue weighted by Gasteiger charge is 2.30. The first kappa shape index (κ1) is 16.9. The van der Waals surface area contributed by atoms with Crippen molar-refractivity contribution < 1.29 is 9.72 Å². The van der Waals surface area contributed by atoms with E-state index >= 15 is 0 Å². The Morgan fingerprint density at radius 1 is 0.920 bits per heavy atom. The second-order valence-electron chi connectivity index (χ2n) is 5.53. The Balaban J connectivity index is 2.20. The lowest BCUT2D eigenvalue weighted by Crippen LogP contribution is -2.16. The molecule has 0 saturated heterocycles. The average molecular weight is 352 g/mol. The van der Waals surface area contributed by atoms with Crippen LogP contribution in [0.25, 0.3) is 0 Å². The maximum Gasteiger partial charge on any atom is 0.275 e. The van der Waals surface area contributed by atoms with Crippen LogP contribution >= 0.6 is 11.6 Å². The van der Waals surface area contributed by atoms with Gasteiger partial charge in [-0.1, -0.05) is 72.3 Å². The zero-order valence-electron chi connectivity index (χ0n) is 13.1. The topological polar surface area (TPSA) is 60.2 Å². The van der Waals surface area contributed by atoms with E-state index in [0.29, 0.717) is 16.7 Å². The summed E-state index contributed by atoms with van der Waals surface area (Å²) in [5, 5.41) is 11.8. The van der Waals surface area contributed by atoms with Crippen LogP contribution in [0.1, 0.15) is 27.4 Å². The van der Waals surface area contributed by atoms with E-state index in [4.69, 9.17) is 11.6 Å². The Morgan fingerprint density at radius 2 is 1.52 bits per heavy atom. The number of nitrogens with zero attached hydrogens (tertiary/aromatic N) is 1. The van der Waals surface area contributed by atoms with Crippen LogP contribution in [0.5, 0.6) is 0 Å². The Morgan fingerprint density at radius 3 is 2.12 bits per heavy atom. The van der Waals surface area contributed by atoms with Gasteiger partial charge in [0.15, 0.2) is 5.78 Å². The molecule has 0 amide bonds. The molecule has 4 nitrogen and oxygen atoms in total. The molecule has 0 aliphatic carbocycles. The van der Waals surface area contributed by atoms with Crippen LogP contribution in [-0.4, -0.2) is 10.7 Å². The molecule has 0 aliphatic heterocycles. The fourth-order valence-electron chi connectivity index (χ4n) is 2.81. The first-order valence-electron chi connectivity index (χ1n) is 7.66. The summed E-state index contributed by atoms with van der Waals surface area (Å²) in [4.78, 5) is 24.1. The predicted molar refractivity (Wildman–Crippen MR) is 97.2 cm³/mol. The Kier molecular flexibility index (Phi) is 4.91. The molecular formula is C20H14ClNO3. The number of ketones is 1. The van der Waals surface area contributed by atoms with Gasteiger partial charge in [0.05, 0.1) is 10.8 Å². The lowest BCUT2D eigenvalue weighted by Gasteiger charge is -2.17. The quantitative estimate of drug-likeness (QED) is 0.357. The standard InChI is InChI=1S/C20H14ClNO3/c21-16-11-12-17(18(13-16)22(24)25)19(14-7-3-1-4-8-14)20(23)15-9-5-2-6-10-15/h1-13,19H. The first-order valence-corrected chi connectivity index (χ1v) is 8.04. The highest BCUT2D eigenvalue weighted by atomic mass is 35.5. The van der Waals surface area contributed by atoms with Crippen molar-refractivity contribution in [3.05, 3.63) is 111 Å². The fraction of sp³-hybridized carbons (Fsp3) is 0.0500. The van der Waals surface area contributed by atoms with Gasteiger partial charge in [-0.05, 0) is 17.7 Å². The van der Waals surface area contributed by atoms with Crippen molar-refractivity contribution in [3.63, 3.8) is 0 Å². The van der Waals surface area contributed by atoms with E-state index in [1.165, 1.54) is 6.07 Å². The van der Waals surface area contributed by atoms with Gasteiger partial charge in [-0.25, -0.2) is 0 Å². The van der Waals surface area contributed by atoms with Crippen LogP contribution < -0.4 is 0 Å². The molecule has 0 aromatic heterocycles. The molecule has 1 atom stereocenters. The number of Topliss-reactive ketones (excluding diaryl/α,β-unsaturated/α-hetero) is 1. The van der Waals surface area contributed by atoms with E-state index in [1.54, 1.807) is 48.5 Å². The minimum Gasteiger partial charge on any atom is -0.293 e. The lowest BCUT2D eigenvalue weighted by atomic mass is 9.84. The molecule has 0 saturated carbocycles. The molecule has 0 spiro atoms. The van der Waals surface area contributed by atoms with E-state index in [1.807, 2.05) is 24.3 Å². The largest absolute Gasteiger partial charge is 0.293 e. The lowest BCUT2D eigenvalue weighted by molar-refractivity contribution is -0.385. The molecule has 5 heteroatoms. The SMILES string of the molecule is O=C(c1ccccc1)C(c1ccccc1)c1ccc(Cl)cc1[N+](=O)[O-]. The highest BCUT2D eigenvalue weighted by molar-refractivity contribution is 6.30. The Bertz CT molecular complexity index is 911. The van der Waals surface area contributed by atoms with Crippen LogP contribution in [0.3, 0.4) is 0 Å². The van der Waals surface area contributed by atoms with Crippen molar-refractivity contribution in [2.24, 2.45) is 0 Å². The maximum atomic E-state index is 13.1. The monoisotopic (exact) mass is 351 g/mol. The number of carbonyl (C=O) groups excluding carboxylic acids is 1. The third-order valence-corrected chi connectivity index (χ3v) is 4.19. The molecule has 0 fully saturated rings. The van der Waals surface area contributed by atoms with E-state index in [0.717, 1.165) is 0 Å². The van der Waals surface area contributed by atoms with Gasteiger partial charge < -0.3 is 0 Å². The number of halogens is 1. The molecular weight excluding hydrogens is 338 g/mol. The summed E-state index contributed by atoms with van der Waals surface area (Å²) in [6, 6.07) is 22.2. The number of hydrogen-bond acceptors (Lipinski definition) is 3. The third-order valence-electron chi connectivity index (χ3n) is 3.95. The van der Waals surface area contributed by atoms with Crippen LogP contribution in [0.4, 0.5) is 5.69 Å². The summed E-state index contributed by atoms with van der Waals surface area (Å²) < 4.78 is 0. The van der Waals surface area contributed by atoms with Gasteiger partial charge in [0.2, 0.25) is 0 Å². The van der Waals surface area contributed by atoms with E-state index in [-0.39, 0.29) is 16.5 Å². The summed E-state index contributed by atoms with van der Waals surface area (Å²) in [6.07, 6.45) is 0. The second kappa shape index (κ2) is 7.28. The Hall–Kier alpha value is -2.98. The zero-order chi connectivity index (χ0) is 17.8. The molecule has 0 radical (unpaired) electrons. The maximum absolute atomic E-state index is 13.1. The van der Waals surface area contributed by atoms with Gasteiger partial charge in [0.1, 0.15) is 0 Å². The predicted octanol–water partition coefficient (Wildman–Crippen LogP) is 5.26. The highest BCUT2D eigenvalue weighted by Crippen LogP contribution is 2.35. The summed E-state index contributed by atoms with van der Waals surface area (Å²) in [6.45, 7) is 0. The van der Waals surface area contributed by atoms with E-state index in [2.05, 4.69) is 0 Å². The van der Waals surface area contributed by atoms with Crippen LogP contribution in [0, 0.1) is 10.1 Å². The summed E-state index contributed by atoms with van der Waals surface area (Å²) in [5.74, 6) is -0.974. The summed E-state index contributed by atoms with van der Waals surface area (Å²) in [5.41, 5.74) is 1.36. The number of rotatable bonds is 5. The summed E-state index contributed by atoms with van der Waals surface area (Å²) in [7, 11) is 0. The number of nitro groups is 1. The molecule has 3 aromatic carbocycles. The van der Waals surface area contributed by atoms with E-state index in [9.17, 15) is 14.9 Å². The normalized spacial score (nSPS) is 11.7. The van der Waals surface area contributed by atoms with Gasteiger partial charge in [-0.15, -0.1) is 0 Å². The van der Waals surface area contributed by atoms with Gasteiger partial charge in [-0.2, -0.15) is 0 Å². The molecule has 0 N–H and O–H groups in total. The smallest absolute Gasteiger partial charge is 0.275 e. The van der Waals surface area contributed by atoms with Gasteiger partial charge >= 0.3 is 0 Å². The zero-order valence-corrected chi connectivity index (χ0v) is 13.9. The van der Waals surface area contributed by atoms with Crippen molar-refractivity contribution >= 4 is 23.1 Å². The number of nitro benzene ring substituents is 1. The summed E-state index contributed by atoms with van der Waals surface area (Å²) >= 11 is 5.92. The van der Waals surface area contributed by atoms with Crippen LogP contribution in [-0.2, 0) is 0 Å². The van der Waals surface area contributed by atoms with Crippen molar-refractivity contribution in [2.75, 3.05) is 0 Å². The van der Waals surface area contributed by atoms with Gasteiger partial charge in [0.25, 0.3) is 5.69 Å². The number of benzene rings is 3. The third kappa shape index (κ3) is 3.59. The van der Waals surface area contributed by atoms with Gasteiger partial charge in [-0.3, -0.25) is 14.9 Å². The minimum absolute atomic E-state index is 0.161. The van der Waals surface area contributed by atoms with Gasteiger partial charge in [0, 0.05) is 22.2 Å². The Labute approximate surface area is 149 Å². The van der Waals surface area contributed by atoms with Crippen molar-refractivity contribution in [1.29, 1.82) is 0 Å². The molecule has 3 rings (SSSR count). The minimum atomic E-state index is -0.777. The first-order chi connectivity index (χ1) is 12.1. The molecule has 25 heavy (non-hydrogen) atoms. The molecule has 1 unspecified atom stereocenters. The van der Waals surface area contributed by atoms with Crippen molar-refractivity contribution in [3.8, 4) is 0 Å². The number of hydrogen-bond donors (Lipinski definition) is 0.